The quantitative estimate of drug-likeness (QED) is 0.539. The lowest BCUT2D eigenvalue weighted by atomic mass is 10.1. The highest BCUT2D eigenvalue weighted by atomic mass is 16.6. The molecule has 0 spiro atoms. The first kappa shape index (κ1) is 18.8. The minimum Gasteiger partial charge on any atom is -0.378 e. The van der Waals surface area contributed by atoms with E-state index in [0.29, 0.717) is 37.7 Å². The third kappa shape index (κ3) is 3.88. The number of ether oxygens (including phenoxy) is 1. The van der Waals surface area contributed by atoms with Crippen LogP contribution in [0.4, 0.5) is 17.1 Å². The zero-order valence-corrected chi connectivity index (χ0v) is 15.9. The van der Waals surface area contributed by atoms with E-state index < -0.39 is 10.8 Å². The van der Waals surface area contributed by atoms with Crippen LogP contribution < -0.4 is 10.2 Å². The highest BCUT2D eigenvalue weighted by Crippen LogP contribution is 2.30. The maximum absolute atomic E-state index is 12.8. The summed E-state index contributed by atoms with van der Waals surface area (Å²) in [4.78, 5) is 30.3. The number of carbonyl (C=O) groups excluding carboxylic acids is 1. The summed E-state index contributed by atoms with van der Waals surface area (Å²) in [6.45, 7) is 4.10. The van der Waals surface area contributed by atoms with Crippen LogP contribution in [-0.4, -0.2) is 42.1 Å². The smallest absolute Gasteiger partial charge is 0.293 e. The predicted octanol–water partition coefficient (Wildman–Crippen LogP) is 3.54. The summed E-state index contributed by atoms with van der Waals surface area (Å²) >= 11 is 0. The molecule has 0 radical (unpaired) electrons. The molecule has 8 nitrogen and oxygen atoms in total. The first-order valence-corrected chi connectivity index (χ1v) is 9.32. The number of fused-ring (bicyclic) bond motifs is 1. The van der Waals surface area contributed by atoms with Gasteiger partial charge in [0.2, 0.25) is 0 Å². The minimum atomic E-state index is -0.452. The van der Waals surface area contributed by atoms with Gasteiger partial charge in [-0.15, -0.1) is 0 Å². The van der Waals surface area contributed by atoms with Gasteiger partial charge >= 0.3 is 0 Å². The number of nitrogens with zero attached hydrogens (tertiary/aromatic N) is 3. The number of rotatable bonds is 4. The number of aryl methyl sites for hydroxylation is 1. The van der Waals surface area contributed by atoms with E-state index in [9.17, 15) is 14.9 Å². The summed E-state index contributed by atoms with van der Waals surface area (Å²) in [7, 11) is 0. The molecule has 8 heteroatoms. The Morgan fingerprint density at radius 1 is 1.17 bits per heavy atom. The molecule has 29 heavy (non-hydrogen) atoms. The largest absolute Gasteiger partial charge is 0.378 e. The van der Waals surface area contributed by atoms with Crippen LogP contribution in [0.3, 0.4) is 0 Å². The van der Waals surface area contributed by atoms with Crippen LogP contribution >= 0.6 is 0 Å². The number of aromatic nitrogens is 1. The second-order valence-corrected chi connectivity index (χ2v) is 6.84. The van der Waals surface area contributed by atoms with E-state index >= 15 is 0 Å². The zero-order chi connectivity index (χ0) is 20.4. The molecule has 0 saturated carbocycles. The number of nitrogens with one attached hydrogen (secondary N) is 1. The Bertz CT molecular complexity index is 1090. The molecule has 1 aliphatic rings. The predicted molar refractivity (Wildman–Crippen MR) is 111 cm³/mol. The molecule has 3 aromatic rings. The molecule has 1 aliphatic heterocycles. The highest BCUT2D eigenvalue weighted by Gasteiger charge is 2.23. The van der Waals surface area contributed by atoms with E-state index in [1.165, 1.54) is 6.07 Å². The summed E-state index contributed by atoms with van der Waals surface area (Å²) in [5, 5.41) is 15.3. The number of hydrogen-bond donors (Lipinski definition) is 1. The van der Waals surface area contributed by atoms with Crippen molar-refractivity contribution in [1.29, 1.82) is 0 Å². The normalized spacial score (nSPS) is 14.0. The first-order chi connectivity index (χ1) is 14.0. The second-order valence-electron chi connectivity index (χ2n) is 6.84. The Balaban J connectivity index is 1.64. The van der Waals surface area contributed by atoms with E-state index in [4.69, 9.17) is 4.74 Å². The Labute approximate surface area is 167 Å². The molecular formula is C21H20N4O4. The lowest BCUT2D eigenvalue weighted by Gasteiger charge is -2.28. The van der Waals surface area contributed by atoms with Gasteiger partial charge < -0.3 is 15.0 Å². The molecule has 4 rings (SSSR count). The number of nitro benzene ring substituents is 1. The van der Waals surface area contributed by atoms with Crippen molar-refractivity contribution in [2.75, 3.05) is 36.5 Å². The van der Waals surface area contributed by atoms with Gasteiger partial charge in [0.25, 0.3) is 11.6 Å². The van der Waals surface area contributed by atoms with E-state index in [0.717, 1.165) is 16.6 Å². The maximum Gasteiger partial charge on any atom is 0.293 e. The van der Waals surface area contributed by atoms with Gasteiger partial charge in [0.05, 0.1) is 29.3 Å². The molecule has 148 valence electrons. The SMILES string of the molecule is Cc1ccc2c(NC(=O)c3ccc(N4CCOCC4)c([N+](=O)[O-])c3)cccc2n1. The van der Waals surface area contributed by atoms with Gasteiger partial charge in [-0.25, -0.2) is 0 Å². The molecule has 0 unspecified atom stereocenters. The topological polar surface area (TPSA) is 97.6 Å². The van der Waals surface area contributed by atoms with Gasteiger partial charge in [0.15, 0.2) is 0 Å². The van der Waals surface area contributed by atoms with Crippen molar-refractivity contribution < 1.29 is 14.5 Å². The third-order valence-corrected chi connectivity index (χ3v) is 4.91. The van der Waals surface area contributed by atoms with Crippen LogP contribution in [0.15, 0.2) is 48.5 Å². The van der Waals surface area contributed by atoms with Gasteiger partial charge in [-0.2, -0.15) is 0 Å². The zero-order valence-electron chi connectivity index (χ0n) is 15.9. The van der Waals surface area contributed by atoms with Gasteiger partial charge in [-0.3, -0.25) is 19.9 Å². The fourth-order valence-electron chi connectivity index (χ4n) is 3.44. The number of anilines is 2. The molecule has 0 bridgehead atoms. The molecule has 1 amide bonds. The summed E-state index contributed by atoms with van der Waals surface area (Å²) in [6, 6.07) is 13.8. The Kier molecular flexibility index (Phi) is 5.09. The third-order valence-electron chi connectivity index (χ3n) is 4.91. The van der Waals surface area contributed by atoms with Gasteiger partial charge in [-0.1, -0.05) is 6.07 Å². The van der Waals surface area contributed by atoms with E-state index in [2.05, 4.69) is 10.3 Å². The van der Waals surface area contributed by atoms with Gasteiger partial charge in [0.1, 0.15) is 5.69 Å². The molecule has 1 saturated heterocycles. The van der Waals surface area contributed by atoms with E-state index in [1.54, 1.807) is 18.2 Å². The average Bonchev–Trinajstić information content (AvgIpc) is 2.73. The van der Waals surface area contributed by atoms with Crippen LogP contribution in [0.2, 0.25) is 0 Å². The Morgan fingerprint density at radius 3 is 2.72 bits per heavy atom. The number of amides is 1. The van der Waals surface area contributed by atoms with Crippen molar-refractivity contribution in [2.45, 2.75) is 6.92 Å². The number of carbonyl (C=O) groups is 1. The summed E-state index contributed by atoms with van der Waals surface area (Å²) < 4.78 is 5.31. The molecule has 1 N–H and O–H groups in total. The van der Waals surface area contributed by atoms with Crippen LogP contribution in [-0.2, 0) is 4.74 Å². The lowest BCUT2D eigenvalue weighted by Crippen LogP contribution is -2.36. The molecule has 2 aromatic carbocycles. The number of hydrogen-bond acceptors (Lipinski definition) is 6. The highest BCUT2D eigenvalue weighted by molar-refractivity contribution is 6.09. The Morgan fingerprint density at radius 2 is 1.97 bits per heavy atom. The second kappa shape index (κ2) is 7.84. The number of benzene rings is 2. The molecule has 2 heterocycles. The number of pyridine rings is 1. The van der Waals surface area contributed by atoms with E-state index in [-0.39, 0.29) is 11.3 Å². The molecule has 0 atom stereocenters. The van der Waals surface area contributed by atoms with E-state index in [1.807, 2.05) is 36.1 Å². The summed E-state index contributed by atoms with van der Waals surface area (Å²) in [5.41, 5.74) is 2.91. The number of nitro groups is 1. The summed E-state index contributed by atoms with van der Waals surface area (Å²) in [5.74, 6) is -0.408. The Hall–Kier alpha value is -3.52. The molecule has 1 fully saturated rings. The fourth-order valence-corrected chi connectivity index (χ4v) is 3.44. The van der Waals surface area contributed by atoms with Crippen LogP contribution in [0, 0.1) is 17.0 Å². The minimum absolute atomic E-state index is 0.0882. The standard InChI is InChI=1S/C21H20N4O4/c1-14-5-7-16-17(22-14)3-2-4-18(16)23-21(26)15-6-8-19(20(13-15)25(27)28)24-9-11-29-12-10-24/h2-8,13H,9-12H2,1H3,(H,23,26). The first-order valence-electron chi connectivity index (χ1n) is 9.32. The molecule has 0 aliphatic carbocycles. The van der Waals surface area contributed by atoms with Crippen molar-refractivity contribution in [3.63, 3.8) is 0 Å². The van der Waals surface area contributed by atoms with Crippen molar-refractivity contribution in [2.24, 2.45) is 0 Å². The fraction of sp³-hybridized carbons (Fsp3) is 0.238. The van der Waals surface area contributed by atoms with Crippen LogP contribution in [0.1, 0.15) is 16.1 Å². The van der Waals surface area contributed by atoms with Gasteiger partial charge in [0, 0.05) is 35.8 Å². The molecule has 1 aromatic heterocycles. The average molecular weight is 392 g/mol. The lowest BCUT2D eigenvalue weighted by molar-refractivity contribution is -0.384. The van der Waals surface area contributed by atoms with Crippen molar-refractivity contribution in [1.82, 2.24) is 4.98 Å². The monoisotopic (exact) mass is 392 g/mol. The van der Waals surface area contributed by atoms with Crippen LogP contribution in [0.5, 0.6) is 0 Å². The van der Waals surface area contributed by atoms with Crippen molar-refractivity contribution in [3.05, 3.63) is 69.9 Å². The van der Waals surface area contributed by atoms with Crippen LogP contribution in [0.25, 0.3) is 10.9 Å². The van der Waals surface area contributed by atoms with Crippen molar-refractivity contribution in [3.8, 4) is 0 Å². The van der Waals surface area contributed by atoms with Gasteiger partial charge in [-0.05, 0) is 43.3 Å². The van der Waals surface area contributed by atoms with Crippen molar-refractivity contribution >= 4 is 33.9 Å². The maximum atomic E-state index is 12.8. The molecular weight excluding hydrogens is 372 g/mol. The number of morpholine rings is 1. The summed E-state index contributed by atoms with van der Waals surface area (Å²) in [6.07, 6.45) is 0.